The van der Waals surface area contributed by atoms with Gasteiger partial charge >= 0.3 is 5.97 Å². The first-order chi connectivity index (χ1) is 10.8. The molecule has 2 aromatic rings. The number of aromatic nitrogens is 2. The van der Waals surface area contributed by atoms with Gasteiger partial charge in [-0.2, -0.15) is 0 Å². The first kappa shape index (κ1) is 17.1. The van der Waals surface area contributed by atoms with Crippen LogP contribution in [0.5, 0.6) is 0 Å². The third-order valence-electron chi connectivity index (χ3n) is 3.58. The van der Waals surface area contributed by atoms with E-state index in [0.29, 0.717) is 26.5 Å². The number of carboxylic acids is 1. The van der Waals surface area contributed by atoms with Crippen LogP contribution in [0.1, 0.15) is 54.2 Å². The summed E-state index contributed by atoms with van der Waals surface area (Å²) in [5, 5.41) is 11.9. The van der Waals surface area contributed by atoms with Crippen LogP contribution in [0.3, 0.4) is 0 Å². The number of carbonyl (C=O) groups is 2. The van der Waals surface area contributed by atoms with Gasteiger partial charge in [0.05, 0.1) is 10.3 Å². The number of nitrogens with one attached hydrogen (secondary N) is 2. The normalized spacial score (nSPS) is 12.6. The second-order valence-electron chi connectivity index (χ2n) is 5.61. The van der Waals surface area contributed by atoms with E-state index in [1.165, 1.54) is 0 Å². The minimum atomic E-state index is -1.09. The lowest BCUT2D eigenvalue weighted by atomic mass is 10.1. The summed E-state index contributed by atoms with van der Waals surface area (Å²) in [6.45, 7) is 7.17. The topological polar surface area (TPSA) is 112 Å². The molecule has 0 bridgehead atoms. The van der Waals surface area contributed by atoms with Crippen LogP contribution in [0.15, 0.2) is 4.79 Å². The van der Waals surface area contributed by atoms with E-state index in [4.69, 9.17) is 5.11 Å². The summed E-state index contributed by atoms with van der Waals surface area (Å²) < 4.78 is 0. The largest absolute Gasteiger partial charge is 0.480 e. The molecule has 2 rings (SSSR count). The third-order valence-corrected chi connectivity index (χ3v) is 4.77. The number of aliphatic carboxylic acids is 1. The fourth-order valence-corrected chi connectivity index (χ4v) is 3.30. The van der Waals surface area contributed by atoms with Gasteiger partial charge in [-0.15, -0.1) is 11.3 Å². The van der Waals surface area contributed by atoms with Crippen LogP contribution in [0.25, 0.3) is 10.2 Å². The Balaban J connectivity index is 2.48. The van der Waals surface area contributed by atoms with Gasteiger partial charge in [0.15, 0.2) is 0 Å². The second-order valence-corrected chi connectivity index (χ2v) is 6.61. The van der Waals surface area contributed by atoms with Gasteiger partial charge in [0.25, 0.3) is 11.5 Å². The summed E-state index contributed by atoms with van der Waals surface area (Å²) in [6.07, 6.45) is 0.279. The van der Waals surface area contributed by atoms with Crippen LogP contribution < -0.4 is 10.9 Å². The number of hydrogen-bond acceptors (Lipinski definition) is 5. The Labute approximate surface area is 136 Å². The van der Waals surface area contributed by atoms with Gasteiger partial charge in [0.1, 0.15) is 16.7 Å². The number of H-pyrrole nitrogens is 1. The summed E-state index contributed by atoms with van der Waals surface area (Å²) in [5.41, 5.74) is 0.239. The molecule has 0 aliphatic carbocycles. The van der Waals surface area contributed by atoms with Crippen molar-refractivity contribution in [2.24, 2.45) is 0 Å². The van der Waals surface area contributed by atoms with Crippen molar-refractivity contribution < 1.29 is 14.7 Å². The Bertz CT molecular complexity index is 822. The van der Waals surface area contributed by atoms with Gasteiger partial charge in [0, 0.05) is 5.92 Å². The number of rotatable bonds is 5. The Morgan fingerprint density at radius 3 is 2.57 bits per heavy atom. The van der Waals surface area contributed by atoms with Crippen molar-refractivity contribution >= 4 is 33.4 Å². The molecule has 2 aromatic heterocycles. The highest BCUT2D eigenvalue weighted by Gasteiger charge is 2.23. The molecule has 7 nitrogen and oxygen atoms in total. The first-order valence-corrected chi connectivity index (χ1v) is 8.14. The number of carbonyl (C=O) groups excluding carboxylic acids is 1. The molecule has 0 aliphatic rings. The van der Waals surface area contributed by atoms with Crippen molar-refractivity contribution in [1.82, 2.24) is 15.3 Å². The molecule has 3 N–H and O–H groups in total. The molecule has 2 heterocycles. The molecule has 124 valence electrons. The molecule has 0 saturated carbocycles. The van der Waals surface area contributed by atoms with Crippen molar-refractivity contribution in [3.8, 4) is 0 Å². The maximum absolute atomic E-state index is 12.3. The van der Waals surface area contributed by atoms with Crippen LogP contribution in [0.4, 0.5) is 0 Å². The SMILES string of the molecule is CCC(NC(=O)c1sc2nc(C(C)C)[nH]c(=O)c2c1C)C(=O)O. The Morgan fingerprint density at radius 2 is 2.04 bits per heavy atom. The minimum absolute atomic E-state index is 0.0586. The predicted octanol–water partition coefficient (Wildman–Crippen LogP) is 2.01. The number of hydrogen-bond donors (Lipinski definition) is 3. The van der Waals surface area contributed by atoms with Gasteiger partial charge < -0.3 is 15.4 Å². The average molecular weight is 337 g/mol. The van der Waals surface area contributed by atoms with Crippen LogP contribution in [0.2, 0.25) is 0 Å². The summed E-state index contributed by atoms with van der Waals surface area (Å²) in [6, 6.07) is -0.954. The fraction of sp³-hybridized carbons (Fsp3) is 0.467. The van der Waals surface area contributed by atoms with E-state index in [9.17, 15) is 14.4 Å². The fourth-order valence-electron chi connectivity index (χ4n) is 2.21. The number of fused-ring (bicyclic) bond motifs is 1. The Morgan fingerprint density at radius 1 is 1.39 bits per heavy atom. The van der Waals surface area contributed by atoms with Crippen molar-refractivity contribution in [2.45, 2.75) is 46.1 Å². The van der Waals surface area contributed by atoms with Crippen LogP contribution >= 0.6 is 11.3 Å². The summed E-state index contributed by atoms with van der Waals surface area (Å²) in [7, 11) is 0. The zero-order valence-corrected chi connectivity index (χ0v) is 14.2. The molecule has 1 unspecified atom stereocenters. The number of amides is 1. The smallest absolute Gasteiger partial charge is 0.326 e. The van der Waals surface area contributed by atoms with Crippen molar-refractivity contribution in [3.63, 3.8) is 0 Å². The van der Waals surface area contributed by atoms with E-state index in [1.54, 1.807) is 13.8 Å². The number of carboxylic acid groups (broad SMARTS) is 1. The van der Waals surface area contributed by atoms with Crippen LogP contribution in [-0.4, -0.2) is 33.0 Å². The van der Waals surface area contributed by atoms with Gasteiger partial charge in [-0.1, -0.05) is 20.8 Å². The molecule has 0 radical (unpaired) electrons. The Hall–Kier alpha value is -2.22. The molecule has 1 atom stereocenters. The summed E-state index contributed by atoms with van der Waals surface area (Å²) in [4.78, 5) is 43.6. The number of aryl methyl sites for hydroxylation is 1. The molecule has 0 aromatic carbocycles. The highest BCUT2D eigenvalue weighted by molar-refractivity contribution is 7.20. The van der Waals surface area contributed by atoms with E-state index in [1.807, 2.05) is 13.8 Å². The van der Waals surface area contributed by atoms with Crippen molar-refractivity contribution in [1.29, 1.82) is 0 Å². The quantitative estimate of drug-likeness (QED) is 0.772. The summed E-state index contributed by atoms with van der Waals surface area (Å²) in [5.74, 6) is -0.959. The van der Waals surface area contributed by atoms with Gasteiger partial charge in [0.2, 0.25) is 0 Å². The maximum atomic E-state index is 12.3. The molecule has 23 heavy (non-hydrogen) atoms. The maximum Gasteiger partial charge on any atom is 0.326 e. The standard InChI is InChI=1S/C15H19N3O4S/c1-5-8(15(21)22)16-13(20)10-7(4)9-12(19)17-11(6(2)3)18-14(9)23-10/h6,8H,5H2,1-4H3,(H,16,20)(H,21,22)(H,17,18,19). The molecule has 0 fully saturated rings. The van der Waals surface area contributed by atoms with Crippen LogP contribution in [0, 0.1) is 6.92 Å². The van der Waals surface area contributed by atoms with Gasteiger partial charge in [-0.3, -0.25) is 9.59 Å². The molecule has 0 aliphatic heterocycles. The van der Waals surface area contributed by atoms with Crippen molar-refractivity contribution in [2.75, 3.05) is 0 Å². The number of aromatic amines is 1. The molecule has 0 spiro atoms. The lowest BCUT2D eigenvalue weighted by Crippen LogP contribution is -2.40. The molecule has 0 saturated heterocycles. The first-order valence-electron chi connectivity index (χ1n) is 7.33. The number of thiophene rings is 1. The molecular formula is C15H19N3O4S. The highest BCUT2D eigenvalue weighted by atomic mass is 32.1. The van der Waals surface area contributed by atoms with E-state index >= 15 is 0 Å². The Kier molecular flexibility index (Phi) is 4.84. The monoisotopic (exact) mass is 337 g/mol. The van der Waals surface area contributed by atoms with E-state index in [0.717, 1.165) is 11.3 Å². The number of nitrogens with zero attached hydrogens (tertiary/aromatic N) is 1. The molecular weight excluding hydrogens is 318 g/mol. The third kappa shape index (κ3) is 3.26. The van der Waals surface area contributed by atoms with Gasteiger partial charge in [-0.25, -0.2) is 9.78 Å². The van der Waals surface area contributed by atoms with Gasteiger partial charge in [-0.05, 0) is 18.9 Å². The van der Waals surface area contributed by atoms with E-state index < -0.39 is 17.9 Å². The van der Waals surface area contributed by atoms with Crippen LogP contribution in [-0.2, 0) is 4.79 Å². The minimum Gasteiger partial charge on any atom is -0.480 e. The summed E-state index contributed by atoms with van der Waals surface area (Å²) >= 11 is 1.11. The lowest BCUT2D eigenvalue weighted by Gasteiger charge is -2.11. The highest BCUT2D eigenvalue weighted by Crippen LogP contribution is 2.27. The second kappa shape index (κ2) is 6.49. The zero-order valence-electron chi connectivity index (χ0n) is 13.4. The zero-order chi connectivity index (χ0) is 17.3. The lowest BCUT2D eigenvalue weighted by molar-refractivity contribution is -0.139. The molecule has 1 amide bonds. The van der Waals surface area contributed by atoms with E-state index in [-0.39, 0.29) is 17.9 Å². The van der Waals surface area contributed by atoms with E-state index in [2.05, 4.69) is 15.3 Å². The molecule has 8 heteroatoms. The van der Waals surface area contributed by atoms with Crippen molar-refractivity contribution in [3.05, 3.63) is 26.6 Å². The average Bonchev–Trinajstić information content (AvgIpc) is 2.81. The predicted molar refractivity (Wildman–Crippen MR) is 88.2 cm³/mol.